The van der Waals surface area contributed by atoms with Gasteiger partial charge in [0, 0.05) is 4.47 Å². The third kappa shape index (κ3) is 3.61. The molecule has 5 heteroatoms. The zero-order valence-electron chi connectivity index (χ0n) is 11.4. The van der Waals surface area contributed by atoms with Crippen LogP contribution in [0.5, 0.6) is 0 Å². The molecule has 1 atom stereocenters. The van der Waals surface area contributed by atoms with Gasteiger partial charge in [0.25, 0.3) is 0 Å². The van der Waals surface area contributed by atoms with Crippen LogP contribution >= 0.6 is 27.5 Å². The van der Waals surface area contributed by atoms with Crippen molar-refractivity contribution in [1.82, 2.24) is 0 Å². The van der Waals surface area contributed by atoms with E-state index in [9.17, 15) is 13.2 Å². The van der Waals surface area contributed by atoms with Crippen LogP contribution in [0.1, 0.15) is 33.2 Å². The maximum Gasteiger partial charge on any atom is 0.416 e. The van der Waals surface area contributed by atoms with E-state index in [-0.39, 0.29) is 0 Å². The van der Waals surface area contributed by atoms with Crippen LogP contribution in [0, 0.1) is 13.8 Å². The Hall–Kier alpha value is -1.00. The Morgan fingerprint density at radius 2 is 1.67 bits per heavy atom. The van der Waals surface area contributed by atoms with Crippen LogP contribution in [0.4, 0.5) is 13.2 Å². The molecule has 0 heterocycles. The number of hydrogen-bond acceptors (Lipinski definition) is 0. The molecule has 2 rings (SSSR count). The molecule has 0 aliphatic heterocycles. The smallest absolute Gasteiger partial charge is 0.166 e. The first-order valence-electron chi connectivity index (χ1n) is 6.28. The molecule has 0 spiro atoms. The Labute approximate surface area is 135 Å². The fourth-order valence-electron chi connectivity index (χ4n) is 2.11. The largest absolute Gasteiger partial charge is 0.416 e. The van der Waals surface area contributed by atoms with Gasteiger partial charge >= 0.3 is 6.18 Å². The second kappa shape index (κ2) is 6.01. The highest BCUT2D eigenvalue weighted by Gasteiger charge is 2.31. The number of alkyl halides is 4. The summed E-state index contributed by atoms with van der Waals surface area (Å²) in [7, 11) is 0. The van der Waals surface area contributed by atoms with Crippen molar-refractivity contribution in [2.45, 2.75) is 25.4 Å². The van der Waals surface area contributed by atoms with Gasteiger partial charge in [-0.25, -0.2) is 0 Å². The Morgan fingerprint density at radius 1 is 1.00 bits per heavy atom. The molecule has 0 radical (unpaired) electrons. The summed E-state index contributed by atoms with van der Waals surface area (Å²) in [4.78, 5) is 0. The highest BCUT2D eigenvalue weighted by molar-refractivity contribution is 9.10. The van der Waals surface area contributed by atoms with Crippen molar-refractivity contribution >= 4 is 27.5 Å². The zero-order valence-corrected chi connectivity index (χ0v) is 13.8. The molecule has 0 aliphatic rings. The monoisotopic (exact) mass is 376 g/mol. The van der Waals surface area contributed by atoms with Gasteiger partial charge in [0.1, 0.15) is 0 Å². The normalized spacial score (nSPS) is 13.3. The van der Waals surface area contributed by atoms with E-state index < -0.39 is 17.1 Å². The predicted molar refractivity (Wildman–Crippen MR) is 82.8 cm³/mol. The molecule has 2 aromatic rings. The summed E-state index contributed by atoms with van der Waals surface area (Å²) in [6.45, 7) is 3.82. The molecule has 0 aliphatic carbocycles. The SMILES string of the molecule is Cc1ccc(C)c(C(Cl)c2cc(C(F)(F)F)ccc2Br)c1. The zero-order chi connectivity index (χ0) is 15.8. The lowest BCUT2D eigenvalue weighted by atomic mass is 9.97. The second-order valence-electron chi connectivity index (χ2n) is 4.96. The Bertz CT molecular complexity index is 665. The van der Waals surface area contributed by atoms with Crippen molar-refractivity contribution in [1.29, 1.82) is 0 Å². The van der Waals surface area contributed by atoms with E-state index in [4.69, 9.17) is 11.6 Å². The first-order chi connectivity index (χ1) is 9.70. The maximum absolute atomic E-state index is 12.9. The summed E-state index contributed by atoms with van der Waals surface area (Å²) in [5.74, 6) is 0. The van der Waals surface area contributed by atoms with Crippen molar-refractivity contribution in [2.24, 2.45) is 0 Å². The van der Waals surface area contributed by atoms with Crippen LogP contribution in [0.3, 0.4) is 0 Å². The summed E-state index contributed by atoms with van der Waals surface area (Å²) >= 11 is 9.73. The minimum atomic E-state index is -4.38. The van der Waals surface area contributed by atoms with Gasteiger partial charge in [0.05, 0.1) is 10.9 Å². The molecule has 0 aromatic heterocycles. The molecule has 0 N–H and O–H groups in total. The minimum absolute atomic E-state index is 0.417. The fourth-order valence-corrected chi connectivity index (χ4v) is 3.14. The first kappa shape index (κ1) is 16.4. The van der Waals surface area contributed by atoms with E-state index >= 15 is 0 Å². The van der Waals surface area contributed by atoms with Gasteiger partial charge in [-0.3, -0.25) is 0 Å². The van der Waals surface area contributed by atoms with Crippen LogP contribution in [0.15, 0.2) is 40.9 Å². The lowest BCUT2D eigenvalue weighted by Crippen LogP contribution is -2.07. The summed E-state index contributed by atoms with van der Waals surface area (Å²) < 4.78 is 39.1. The molecular weight excluding hydrogens is 365 g/mol. The topological polar surface area (TPSA) is 0 Å². The van der Waals surface area contributed by atoms with Gasteiger partial charge in [-0.1, -0.05) is 39.7 Å². The average Bonchev–Trinajstić information content (AvgIpc) is 2.40. The van der Waals surface area contributed by atoms with Crippen molar-refractivity contribution in [3.05, 3.63) is 68.7 Å². The molecule has 0 amide bonds. The highest BCUT2D eigenvalue weighted by atomic mass is 79.9. The predicted octanol–water partition coefficient (Wildman–Crippen LogP) is 6.41. The molecule has 0 saturated heterocycles. The minimum Gasteiger partial charge on any atom is -0.166 e. The number of halogens is 5. The second-order valence-corrected chi connectivity index (χ2v) is 6.25. The van der Waals surface area contributed by atoms with Crippen molar-refractivity contribution < 1.29 is 13.2 Å². The van der Waals surface area contributed by atoms with Gasteiger partial charge in [0.15, 0.2) is 0 Å². The first-order valence-corrected chi connectivity index (χ1v) is 7.51. The van der Waals surface area contributed by atoms with Gasteiger partial charge < -0.3 is 0 Å². The van der Waals surface area contributed by atoms with Crippen LogP contribution in [-0.2, 0) is 6.18 Å². The van der Waals surface area contributed by atoms with Gasteiger partial charge in [-0.05, 0) is 48.7 Å². The molecule has 0 nitrogen and oxygen atoms in total. The molecule has 0 bridgehead atoms. The van der Waals surface area contributed by atoms with Crippen LogP contribution in [0.25, 0.3) is 0 Å². The van der Waals surface area contributed by atoms with Crippen LogP contribution in [-0.4, -0.2) is 0 Å². The van der Waals surface area contributed by atoms with Crippen LogP contribution < -0.4 is 0 Å². The third-order valence-electron chi connectivity index (χ3n) is 3.30. The fraction of sp³-hybridized carbons (Fsp3) is 0.250. The van der Waals surface area contributed by atoms with Crippen molar-refractivity contribution in [3.8, 4) is 0 Å². The molecule has 112 valence electrons. The molecule has 21 heavy (non-hydrogen) atoms. The molecule has 2 aromatic carbocycles. The number of aryl methyl sites for hydroxylation is 2. The van der Waals surface area contributed by atoms with Crippen LogP contribution in [0.2, 0.25) is 0 Å². The number of benzene rings is 2. The third-order valence-corrected chi connectivity index (χ3v) is 4.50. The summed E-state index contributed by atoms with van der Waals surface area (Å²) in [5.41, 5.74) is 2.50. The van der Waals surface area contributed by atoms with E-state index in [1.165, 1.54) is 6.07 Å². The lowest BCUT2D eigenvalue weighted by molar-refractivity contribution is -0.137. The van der Waals surface area contributed by atoms with E-state index in [0.717, 1.165) is 28.8 Å². The molecular formula is C16H13BrClF3. The Morgan fingerprint density at radius 3 is 2.29 bits per heavy atom. The van der Waals surface area contributed by atoms with Crippen molar-refractivity contribution in [3.63, 3.8) is 0 Å². The van der Waals surface area contributed by atoms with E-state index in [1.807, 2.05) is 32.0 Å². The molecule has 0 saturated carbocycles. The van der Waals surface area contributed by atoms with Crippen molar-refractivity contribution in [2.75, 3.05) is 0 Å². The summed E-state index contributed by atoms with van der Waals surface area (Å²) in [5, 5.41) is -0.637. The summed E-state index contributed by atoms with van der Waals surface area (Å²) in [6, 6.07) is 9.30. The van der Waals surface area contributed by atoms with Gasteiger partial charge in [-0.2, -0.15) is 13.2 Å². The number of rotatable bonds is 2. The lowest BCUT2D eigenvalue weighted by Gasteiger charge is -2.17. The van der Waals surface area contributed by atoms with E-state index in [2.05, 4.69) is 15.9 Å². The summed E-state index contributed by atoms with van der Waals surface area (Å²) in [6.07, 6.45) is -4.38. The Balaban J connectivity index is 2.52. The highest BCUT2D eigenvalue weighted by Crippen LogP contribution is 2.39. The molecule has 1 unspecified atom stereocenters. The Kier molecular flexibility index (Phi) is 4.69. The standard InChI is InChI=1S/C16H13BrClF3/c1-9-3-4-10(2)12(7-9)15(18)13-8-11(16(19,20)21)5-6-14(13)17/h3-8,15H,1-2H3. The average molecular weight is 378 g/mol. The van der Waals surface area contributed by atoms with E-state index in [0.29, 0.717) is 10.0 Å². The maximum atomic E-state index is 12.9. The van der Waals surface area contributed by atoms with E-state index in [1.54, 1.807) is 0 Å². The number of hydrogen-bond donors (Lipinski definition) is 0. The van der Waals surface area contributed by atoms with Gasteiger partial charge in [-0.15, -0.1) is 11.6 Å². The quantitative estimate of drug-likeness (QED) is 0.530. The van der Waals surface area contributed by atoms with Gasteiger partial charge in [0.2, 0.25) is 0 Å². The molecule has 0 fully saturated rings.